The Labute approximate surface area is 127 Å². The Morgan fingerprint density at radius 1 is 1.00 bits per heavy atom. The van der Waals surface area contributed by atoms with Gasteiger partial charge in [-0.1, -0.05) is 20.8 Å². The van der Waals surface area contributed by atoms with Gasteiger partial charge in [0.15, 0.2) is 0 Å². The van der Waals surface area contributed by atoms with Gasteiger partial charge in [0.05, 0.1) is 12.2 Å². The lowest BCUT2D eigenvalue weighted by Gasteiger charge is -2.29. The highest BCUT2D eigenvalue weighted by molar-refractivity contribution is 7.73. The van der Waals surface area contributed by atoms with E-state index in [0.717, 1.165) is 5.92 Å². The van der Waals surface area contributed by atoms with Crippen LogP contribution in [0.25, 0.3) is 0 Å². The van der Waals surface area contributed by atoms with Crippen LogP contribution in [0.1, 0.15) is 34.1 Å². The van der Waals surface area contributed by atoms with Gasteiger partial charge in [-0.05, 0) is 63.2 Å². The topological polar surface area (TPSA) is 9.23 Å². The molecule has 0 saturated carbocycles. The Hall–Kier alpha value is 0.560. The van der Waals surface area contributed by atoms with Gasteiger partial charge in [0.2, 0.25) is 0 Å². The van der Waals surface area contributed by atoms with Crippen molar-refractivity contribution in [2.75, 3.05) is 38.0 Å². The highest BCUT2D eigenvalue weighted by Crippen LogP contribution is 2.49. The largest absolute Gasteiger partial charge is 0.375 e. The molecule has 6 atom stereocenters. The zero-order valence-electron chi connectivity index (χ0n) is 14.6. The van der Waals surface area contributed by atoms with Crippen molar-refractivity contribution < 1.29 is 4.74 Å². The average molecular weight is 318 g/mol. The van der Waals surface area contributed by atoms with Crippen molar-refractivity contribution >= 4 is 26.4 Å². The molecule has 0 N–H and O–H groups in total. The van der Waals surface area contributed by atoms with Crippen LogP contribution >= 0.6 is 13.8 Å². The first kappa shape index (κ1) is 18.6. The minimum Gasteiger partial charge on any atom is -0.375 e. The highest BCUT2D eigenvalue weighted by Gasteiger charge is 2.40. The molecule has 0 amide bonds. The molecule has 0 radical (unpaired) electrons. The quantitative estimate of drug-likeness (QED) is 0.623. The Bertz CT molecular complexity index is 402. The van der Waals surface area contributed by atoms with E-state index in [0.29, 0.717) is 18.1 Å². The molecular formula is C17H36OP2. The van der Waals surface area contributed by atoms with Gasteiger partial charge >= 0.3 is 0 Å². The predicted molar refractivity (Wildman–Crippen MR) is 102 cm³/mol. The lowest BCUT2D eigenvalue weighted by Crippen LogP contribution is -2.25. The summed E-state index contributed by atoms with van der Waals surface area (Å²) in [6.07, 6.45) is 16.2. The minimum absolute atomic E-state index is 0.415. The summed E-state index contributed by atoms with van der Waals surface area (Å²) in [6, 6.07) is 0. The van der Waals surface area contributed by atoms with Crippen LogP contribution in [0.5, 0.6) is 0 Å². The lowest BCUT2D eigenvalue weighted by atomic mass is 9.90. The van der Waals surface area contributed by atoms with Gasteiger partial charge in [-0.3, -0.25) is 0 Å². The molecule has 1 heterocycles. The van der Waals surface area contributed by atoms with E-state index in [2.05, 4.69) is 53.6 Å². The Balaban J connectivity index is 2.73. The summed E-state index contributed by atoms with van der Waals surface area (Å²) >= 11 is 0. The van der Waals surface area contributed by atoms with Crippen molar-refractivity contribution in [3.05, 3.63) is 0 Å². The lowest BCUT2D eigenvalue weighted by molar-refractivity contribution is 0.0401. The van der Waals surface area contributed by atoms with Crippen LogP contribution < -0.4 is 0 Å². The molecule has 0 spiro atoms. The van der Waals surface area contributed by atoms with Crippen LogP contribution in [0.3, 0.4) is 0 Å². The van der Waals surface area contributed by atoms with E-state index in [-0.39, 0.29) is 0 Å². The fourth-order valence-electron chi connectivity index (χ4n) is 2.99. The van der Waals surface area contributed by atoms with Crippen LogP contribution in [0.15, 0.2) is 0 Å². The van der Waals surface area contributed by atoms with Crippen LogP contribution in [0.4, 0.5) is 0 Å². The second-order valence-electron chi connectivity index (χ2n) is 7.47. The van der Waals surface area contributed by atoms with Gasteiger partial charge in [0, 0.05) is 0 Å². The van der Waals surface area contributed by atoms with E-state index >= 15 is 0 Å². The summed E-state index contributed by atoms with van der Waals surface area (Å²) in [4.78, 5) is 0. The Kier molecular flexibility index (Phi) is 6.71. The van der Waals surface area contributed by atoms with Crippen LogP contribution in [-0.4, -0.2) is 62.8 Å². The highest BCUT2D eigenvalue weighted by atomic mass is 31.2. The maximum absolute atomic E-state index is 6.30. The fraction of sp³-hybridized carbons (Fsp3) is 0.882. The van der Waals surface area contributed by atoms with Crippen molar-refractivity contribution in [1.82, 2.24) is 0 Å². The average Bonchev–Trinajstić information content (AvgIpc) is 2.64. The van der Waals surface area contributed by atoms with Crippen molar-refractivity contribution in [3.63, 3.8) is 0 Å². The maximum Gasteiger partial charge on any atom is 0.0617 e. The molecule has 1 aliphatic rings. The molecular weight excluding hydrogens is 282 g/mol. The van der Waals surface area contributed by atoms with Crippen LogP contribution in [-0.2, 0) is 4.74 Å². The first-order chi connectivity index (χ1) is 9.12. The van der Waals surface area contributed by atoms with Crippen molar-refractivity contribution in [2.24, 2.45) is 11.8 Å². The molecule has 0 bridgehead atoms. The van der Waals surface area contributed by atoms with Gasteiger partial charge in [-0.15, -0.1) is 26.4 Å². The number of ether oxygens (including phenoxy) is 1. The molecule has 1 saturated heterocycles. The van der Waals surface area contributed by atoms with E-state index in [1.54, 1.807) is 0 Å². The zero-order chi connectivity index (χ0) is 15.6. The molecule has 3 heteroatoms. The maximum atomic E-state index is 6.30. The number of hydrogen-bond donors (Lipinski definition) is 0. The SMILES string of the molecule is C=P(C)(CC)CCC1OC(C)C(C)C1CP(=C)(C)CC. The molecule has 0 aliphatic carbocycles. The summed E-state index contributed by atoms with van der Waals surface area (Å²) in [5.41, 5.74) is 0. The third kappa shape index (κ3) is 5.08. The summed E-state index contributed by atoms with van der Waals surface area (Å²) in [5.74, 6) is 1.40. The Morgan fingerprint density at radius 3 is 2.05 bits per heavy atom. The number of hydrogen-bond acceptors (Lipinski definition) is 1. The second kappa shape index (κ2) is 7.21. The van der Waals surface area contributed by atoms with Crippen LogP contribution in [0.2, 0.25) is 0 Å². The summed E-state index contributed by atoms with van der Waals surface area (Å²) in [6.45, 7) is 12.1. The van der Waals surface area contributed by atoms with Crippen LogP contribution in [0, 0.1) is 11.8 Å². The molecule has 6 unspecified atom stereocenters. The van der Waals surface area contributed by atoms with Gasteiger partial charge in [0.25, 0.3) is 0 Å². The van der Waals surface area contributed by atoms with E-state index in [4.69, 9.17) is 4.74 Å². The minimum atomic E-state index is -0.982. The standard InChI is InChI=1S/C17H36OP2/c1-9-19(5,6)12-11-17-16(13-20(7,8)10-2)14(3)15(4)18-17/h14-17H,5,7,9-13H2,1-4,6,8H3. The first-order valence-corrected chi connectivity index (χ1v) is 13.7. The molecule has 1 fully saturated rings. The summed E-state index contributed by atoms with van der Waals surface area (Å²) in [7, 11) is 0. The molecule has 20 heavy (non-hydrogen) atoms. The van der Waals surface area contributed by atoms with E-state index < -0.39 is 13.8 Å². The van der Waals surface area contributed by atoms with Crippen molar-refractivity contribution in [1.29, 1.82) is 0 Å². The van der Waals surface area contributed by atoms with Crippen molar-refractivity contribution in [2.45, 2.75) is 46.3 Å². The number of rotatable bonds is 7. The van der Waals surface area contributed by atoms with E-state index in [9.17, 15) is 0 Å². The molecule has 120 valence electrons. The molecule has 1 nitrogen and oxygen atoms in total. The predicted octanol–water partition coefficient (Wildman–Crippen LogP) is 4.61. The van der Waals surface area contributed by atoms with E-state index in [1.807, 2.05) is 0 Å². The fourth-order valence-corrected chi connectivity index (χ4v) is 6.03. The third-order valence-corrected chi connectivity index (χ3v) is 11.1. The van der Waals surface area contributed by atoms with Gasteiger partial charge in [-0.2, -0.15) is 0 Å². The smallest absolute Gasteiger partial charge is 0.0617 e. The summed E-state index contributed by atoms with van der Waals surface area (Å²) < 4.78 is 6.30. The Morgan fingerprint density at radius 2 is 1.55 bits per heavy atom. The molecule has 0 aromatic carbocycles. The molecule has 1 aliphatic heterocycles. The zero-order valence-corrected chi connectivity index (χ0v) is 16.4. The second-order valence-corrected chi connectivity index (χ2v) is 16.0. The van der Waals surface area contributed by atoms with Gasteiger partial charge in [0.1, 0.15) is 0 Å². The normalized spacial score (nSPS) is 36.5. The monoisotopic (exact) mass is 318 g/mol. The van der Waals surface area contributed by atoms with E-state index in [1.165, 1.54) is 31.1 Å². The van der Waals surface area contributed by atoms with Gasteiger partial charge in [-0.25, -0.2) is 0 Å². The molecule has 0 aromatic rings. The third-order valence-electron chi connectivity index (χ3n) is 5.41. The summed E-state index contributed by atoms with van der Waals surface area (Å²) in [5, 5.41) is 0. The first-order valence-electron chi connectivity index (χ1n) is 8.15. The van der Waals surface area contributed by atoms with Crippen molar-refractivity contribution in [3.8, 4) is 0 Å². The molecule has 0 aromatic heterocycles. The molecule has 1 rings (SSSR count). The van der Waals surface area contributed by atoms with Gasteiger partial charge < -0.3 is 4.74 Å².